The number of nitrogens with one attached hydrogen (secondary N) is 2. The fourth-order valence-corrected chi connectivity index (χ4v) is 7.78. The number of halogens is 3. The number of rotatable bonds is 5. The summed E-state index contributed by atoms with van der Waals surface area (Å²) in [4.78, 5) is 16.2. The van der Waals surface area contributed by atoms with Crippen molar-refractivity contribution >= 4 is 23.3 Å². The summed E-state index contributed by atoms with van der Waals surface area (Å²) >= 11 is 6.30. The summed E-state index contributed by atoms with van der Waals surface area (Å²) < 4.78 is 27.0. The number of fused-ring (bicyclic) bond motifs is 7. The molecule has 0 saturated heterocycles. The standard InChI is InChI=1S/C28H29ClF2N4O/c1-28-10-9-19-18-8-6-16(29)11-15(18)5-7-21(19)25(28)20(22-14-33-35-26(22)28)3-2-4-24(36)34-27-23(31)12-17(30)13-32-27/h6,8,11-14,19-21,25H,2-5,7,9-10H2,1H3,(H,33,35)(H,32,34,36)/t19?,20-,21?,25?,28+/m1/s1. The third-order valence-electron chi connectivity index (χ3n) is 9.00. The summed E-state index contributed by atoms with van der Waals surface area (Å²) in [6.45, 7) is 2.39. The van der Waals surface area contributed by atoms with E-state index < -0.39 is 11.6 Å². The lowest BCUT2D eigenvalue weighted by atomic mass is 9.53. The van der Waals surface area contributed by atoms with Crippen LogP contribution in [-0.2, 0) is 16.6 Å². The number of carbonyl (C=O) groups is 1. The van der Waals surface area contributed by atoms with E-state index in [1.165, 1.54) is 22.4 Å². The maximum atomic E-state index is 13.9. The van der Waals surface area contributed by atoms with Gasteiger partial charge in [0.15, 0.2) is 11.6 Å². The highest BCUT2D eigenvalue weighted by Gasteiger charge is 2.57. The van der Waals surface area contributed by atoms with Crippen LogP contribution >= 0.6 is 11.6 Å². The van der Waals surface area contributed by atoms with Gasteiger partial charge in [-0.2, -0.15) is 5.10 Å². The zero-order chi connectivity index (χ0) is 25.0. The normalized spacial score (nSPS) is 28.1. The Bertz CT molecular complexity index is 1330. The topological polar surface area (TPSA) is 70.7 Å². The number of aromatic amines is 1. The van der Waals surface area contributed by atoms with E-state index >= 15 is 0 Å². The fraction of sp³-hybridized carbons (Fsp3) is 0.464. The molecule has 6 rings (SSSR count). The maximum Gasteiger partial charge on any atom is 0.225 e. The molecule has 8 heteroatoms. The van der Waals surface area contributed by atoms with Gasteiger partial charge in [-0.15, -0.1) is 0 Å². The van der Waals surface area contributed by atoms with Crippen LogP contribution in [0.15, 0.2) is 36.7 Å². The third-order valence-corrected chi connectivity index (χ3v) is 9.23. The minimum atomic E-state index is -0.870. The number of amides is 1. The Hall–Kier alpha value is -2.80. The predicted molar refractivity (Wildman–Crippen MR) is 134 cm³/mol. The number of carbonyl (C=O) groups excluding carboxylic acids is 1. The van der Waals surface area contributed by atoms with Gasteiger partial charge in [-0.1, -0.05) is 24.6 Å². The molecule has 2 heterocycles. The Morgan fingerprint density at radius 3 is 2.92 bits per heavy atom. The van der Waals surface area contributed by atoms with Crippen LogP contribution < -0.4 is 5.32 Å². The fourth-order valence-electron chi connectivity index (χ4n) is 7.58. The molecule has 1 aromatic carbocycles. The number of anilines is 1. The van der Waals surface area contributed by atoms with Gasteiger partial charge in [0, 0.05) is 28.6 Å². The van der Waals surface area contributed by atoms with Crippen LogP contribution in [-0.4, -0.2) is 21.1 Å². The van der Waals surface area contributed by atoms with Crippen molar-refractivity contribution < 1.29 is 13.6 Å². The van der Waals surface area contributed by atoms with Gasteiger partial charge in [-0.3, -0.25) is 9.89 Å². The number of nitrogens with zero attached hydrogens (tertiary/aromatic N) is 2. The first-order chi connectivity index (χ1) is 17.3. The van der Waals surface area contributed by atoms with Gasteiger partial charge < -0.3 is 5.32 Å². The highest BCUT2D eigenvalue weighted by Crippen LogP contribution is 2.64. The molecule has 3 unspecified atom stereocenters. The van der Waals surface area contributed by atoms with Crippen molar-refractivity contribution in [3.63, 3.8) is 0 Å². The van der Waals surface area contributed by atoms with Crippen LogP contribution in [0.3, 0.4) is 0 Å². The van der Waals surface area contributed by atoms with Crippen LogP contribution in [0.5, 0.6) is 0 Å². The molecule has 5 nitrogen and oxygen atoms in total. The van der Waals surface area contributed by atoms with Crippen molar-refractivity contribution in [2.24, 2.45) is 11.8 Å². The number of H-pyrrole nitrogens is 1. The van der Waals surface area contributed by atoms with Gasteiger partial charge in [0.25, 0.3) is 0 Å². The summed E-state index contributed by atoms with van der Waals surface area (Å²) in [5.74, 6) is -0.305. The number of aryl methyl sites for hydroxylation is 1. The van der Waals surface area contributed by atoms with Gasteiger partial charge in [0.2, 0.25) is 5.91 Å². The Morgan fingerprint density at radius 2 is 2.08 bits per heavy atom. The quantitative estimate of drug-likeness (QED) is 0.403. The summed E-state index contributed by atoms with van der Waals surface area (Å²) in [6, 6.07) is 7.11. The lowest BCUT2D eigenvalue weighted by Crippen LogP contribution is -2.44. The van der Waals surface area contributed by atoms with Gasteiger partial charge in [0.05, 0.1) is 12.4 Å². The van der Waals surface area contributed by atoms with E-state index in [0.717, 1.165) is 49.4 Å². The lowest BCUT2D eigenvalue weighted by molar-refractivity contribution is -0.116. The molecular formula is C28H29ClF2N4O. The Balaban J connectivity index is 1.20. The molecule has 3 aliphatic rings. The van der Waals surface area contributed by atoms with Crippen LogP contribution in [0.25, 0.3) is 0 Å². The third kappa shape index (κ3) is 3.83. The second kappa shape index (κ2) is 8.94. The minimum absolute atomic E-state index is 0.0466. The smallest absolute Gasteiger partial charge is 0.225 e. The van der Waals surface area contributed by atoms with Crippen LogP contribution in [0.1, 0.15) is 79.7 Å². The average molecular weight is 511 g/mol. The molecule has 3 aromatic rings. The summed E-state index contributed by atoms with van der Waals surface area (Å²) in [6.07, 6.45) is 9.08. The Morgan fingerprint density at radius 1 is 1.22 bits per heavy atom. The van der Waals surface area contributed by atoms with Crippen molar-refractivity contribution in [3.8, 4) is 0 Å². The minimum Gasteiger partial charge on any atom is -0.308 e. The van der Waals surface area contributed by atoms with Crippen molar-refractivity contribution in [1.82, 2.24) is 15.2 Å². The largest absolute Gasteiger partial charge is 0.308 e. The second-order valence-electron chi connectivity index (χ2n) is 10.9. The monoisotopic (exact) mass is 510 g/mol. The molecule has 2 N–H and O–H groups in total. The summed E-state index contributed by atoms with van der Waals surface area (Å²) in [5.41, 5.74) is 5.45. The number of aromatic nitrogens is 3. The first-order valence-electron chi connectivity index (χ1n) is 12.8. The number of benzene rings is 1. The second-order valence-corrected chi connectivity index (χ2v) is 11.3. The highest BCUT2D eigenvalue weighted by atomic mass is 35.5. The van der Waals surface area contributed by atoms with E-state index in [1.54, 1.807) is 0 Å². The Kier molecular flexibility index (Phi) is 5.86. The number of hydrogen-bond acceptors (Lipinski definition) is 3. The molecule has 3 aliphatic carbocycles. The van der Waals surface area contributed by atoms with Gasteiger partial charge >= 0.3 is 0 Å². The predicted octanol–water partition coefficient (Wildman–Crippen LogP) is 6.66. The van der Waals surface area contributed by atoms with E-state index in [9.17, 15) is 13.6 Å². The first kappa shape index (κ1) is 23.6. The molecule has 0 bridgehead atoms. The number of hydrogen-bond donors (Lipinski definition) is 2. The molecule has 188 valence electrons. The molecule has 36 heavy (non-hydrogen) atoms. The maximum absolute atomic E-state index is 13.9. The lowest BCUT2D eigenvalue weighted by Gasteiger charge is -2.51. The van der Waals surface area contributed by atoms with E-state index in [-0.39, 0.29) is 23.6 Å². The van der Waals surface area contributed by atoms with E-state index in [0.29, 0.717) is 30.1 Å². The van der Waals surface area contributed by atoms with Gasteiger partial charge in [-0.05, 0) is 91.0 Å². The van der Waals surface area contributed by atoms with E-state index in [1.807, 2.05) is 12.3 Å². The molecule has 0 radical (unpaired) electrons. The van der Waals surface area contributed by atoms with Crippen molar-refractivity contribution in [1.29, 1.82) is 0 Å². The van der Waals surface area contributed by atoms with E-state index in [2.05, 4.69) is 39.6 Å². The number of pyridine rings is 1. The average Bonchev–Trinajstić information content (AvgIpc) is 3.42. The molecule has 2 aromatic heterocycles. The van der Waals surface area contributed by atoms with Crippen molar-refractivity contribution in [3.05, 3.63) is 75.7 Å². The highest BCUT2D eigenvalue weighted by molar-refractivity contribution is 6.30. The zero-order valence-corrected chi connectivity index (χ0v) is 20.9. The van der Waals surface area contributed by atoms with Gasteiger partial charge in [0.1, 0.15) is 5.82 Å². The van der Waals surface area contributed by atoms with Crippen molar-refractivity contribution in [2.75, 3.05) is 5.32 Å². The Labute approximate surface area is 214 Å². The molecule has 1 fully saturated rings. The molecule has 5 atom stereocenters. The molecule has 0 aliphatic heterocycles. The van der Waals surface area contributed by atoms with Crippen LogP contribution in [0.4, 0.5) is 14.6 Å². The molecule has 1 saturated carbocycles. The summed E-state index contributed by atoms with van der Waals surface area (Å²) in [5, 5.41) is 11.0. The SMILES string of the molecule is C[C@]12CCC3c4ccc(Cl)cc4CCC3C1[C@H](CCCC(=O)Nc1ncc(F)cc1F)c1cn[nH]c12. The van der Waals surface area contributed by atoms with Gasteiger partial charge in [-0.25, -0.2) is 13.8 Å². The van der Waals surface area contributed by atoms with Crippen LogP contribution in [0.2, 0.25) is 5.02 Å². The first-order valence-corrected chi connectivity index (χ1v) is 13.2. The molecule has 1 amide bonds. The molecular weight excluding hydrogens is 482 g/mol. The molecule has 0 spiro atoms. The zero-order valence-electron chi connectivity index (χ0n) is 20.2. The summed E-state index contributed by atoms with van der Waals surface area (Å²) in [7, 11) is 0. The van der Waals surface area contributed by atoms with Crippen LogP contribution in [0, 0.1) is 23.5 Å². The van der Waals surface area contributed by atoms with Crippen molar-refractivity contribution in [2.45, 2.75) is 69.1 Å². The van der Waals surface area contributed by atoms with E-state index in [4.69, 9.17) is 11.6 Å².